The van der Waals surface area contributed by atoms with E-state index in [9.17, 15) is 9.18 Å². The van der Waals surface area contributed by atoms with Crippen molar-refractivity contribution in [2.45, 2.75) is 18.9 Å². The van der Waals surface area contributed by atoms with Gasteiger partial charge < -0.3 is 15.5 Å². The summed E-state index contributed by atoms with van der Waals surface area (Å²) in [5, 5.41) is 0. The zero-order chi connectivity index (χ0) is 14.0. The van der Waals surface area contributed by atoms with Crippen LogP contribution in [-0.2, 0) is 0 Å². The van der Waals surface area contributed by atoms with E-state index in [1.807, 2.05) is 14.1 Å². The van der Waals surface area contributed by atoms with Gasteiger partial charge in [-0.2, -0.15) is 0 Å². The Kier molecular flexibility index (Phi) is 3.99. The van der Waals surface area contributed by atoms with E-state index in [1.54, 1.807) is 4.90 Å². The summed E-state index contributed by atoms with van der Waals surface area (Å²) in [6.45, 7) is 1.28. The number of halogens is 1. The SMILES string of the molecule is CN(C)C1CCN(C(=O)c2ccnc(N)c2F)CC1. The van der Waals surface area contributed by atoms with Crippen LogP contribution in [0.15, 0.2) is 12.3 Å². The van der Waals surface area contributed by atoms with Gasteiger partial charge in [-0.25, -0.2) is 9.37 Å². The maximum Gasteiger partial charge on any atom is 0.257 e. The number of nitrogens with two attached hydrogens (primary N) is 1. The van der Waals surface area contributed by atoms with E-state index in [0.29, 0.717) is 19.1 Å². The first-order valence-electron chi connectivity index (χ1n) is 6.36. The van der Waals surface area contributed by atoms with Gasteiger partial charge in [-0.1, -0.05) is 0 Å². The van der Waals surface area contributed by atoms with Crippen LogP contribution in [0.4, 0.5) is 10.2 Å². The van der Waals surface area contributed by atoms with Crippen LogP contribution in [0.1, 0.15) is 23.2 Å². The quantitative estimate of drug-likeness (QED) is 0.866. The number of piperidine rings is 1. The van der Waals surface area contributed by atoms with Crippen LogP contribution < -0.4 is 5.73 Å². The molecule has 2 rings (SSSR count). The van der Waals surface area contributed by atoms with Gasteiger partial charge in [0.05, 0.1) is 5.56 Å². The van der Waals surface area contributed by atoms with Crippen LogP contribution in [0, 0.1) is 5.82 Å². The van der Waals surface area contributed by atoms with E-state index in [4.69, 9.17) is 5.73 Å². The third kappa shape index (κ3) is 2.84. The number of nitrogen functional groups attached to an aromatic ring is 1. The first-order valence-corrected chi connectivity index (χ1v) is 6.36. The molecule has 5 nitrogen and oxygen atoms in total. The number of likely N-dealkylation sites (tertiary alicyclic amines) is 1. The summed E-state index contributed by atoms with van der Waals surface area (Å²) in [6.07, 6.45) is 3.17. The number of carbonyl (C=O) groups excluding carboxylic acids is 1. The summed E-state index contributed by atoms with van der Waals surface area (Å²) in [4.78, 5) is 19.7. The van der Waals surface area contributed by atoms with Crippen molar-refractivity contribution in [3.8, 4) is 0 Å². The molecule has 1 aliphatic rings. The van der Waals surface area contributed by atoms with Gasteiger partial charge in [0.15, 0.2) is 11.6 Å². The number of rotatable bonds is 2. The van der Waals surface area contributed by atoms with Crippen LogP contribution in [0.25, 0.3) is 0 Å². The molecule has 0 aliphatic carbocycles. The molecule has 1 aromatic rings. The lowest BCUT2D eigenvalue weighted by molar-refractivity contribution is 0.0658. The van der Waals surface area contributed by atoms with Gasteiger partial charge in [0.2, 0.25) is 0 Å². The maximum atomic E-state index is 13.8. The van der Waals surface area contributed by atoms with E-state index < -0.39 is 5.82 Å². The number of amides is 1. The average molecular weight is 266 g/mol. The first-order chi connectivity index (χ1) is 9.00. The fourth-order valence-electron chi connectivity index (χ4n) is 2.38. The molecule has 0 aromatic carbocycles. The molecule has 104 valence electrons. The molecular formula is C13H19FN4O. The molecule has 0 atom stereocenters. The van der Waals surface area contributed by atoms with Gasteiger partial charge in [-0.3, -0.25) is 4.79 Å². The number of anilines is 1. The summed E-state index contributed by atoms with van der Waals surface area (Å²) in [6, 6.07) is 1.86. The summed E-state index contributed by atoms with van der Waals surface area (Å²) >= 11 is 0. The van der Waals surface area contributed by atoms with Gasteiger partial charge in [-0.15, -0.1) is 0 Å². The summed E-state index contributed by atoms with van der Waals surface area (Å²) in [5.41, 5.74) is 5.40. The number of hydrogen-bond acceptors (Lipinski definition) is 4. The van der Waals surface area contributed by atoms with E-state index in [1.165, 1.54) is 12.3 Å². The Morgan fingerprint density at radius 3 is 2.68 bits per heavy atom. The lowest BCUT2D eigenvalue weighted by Crippen LogP contribution is -2.44. The minimum absolute atomic E-state index is 0.0100. The minimum atomic E-state index is -0.720. The van der Waals surface area contributed by atoms with Crippen molar-refractivity contribution in [2.75, 3.05) is 32.9 Å². The molecule has 0 saturated carbocycles. The first kappa shape index (κ1) is 13.7. The monoisotopic (exact) mass is 266 g/mol. The second-order valence-electron chi connectivity index (χ2n) is 5.04. The van der Waals surface area contributed by atoms with Gasteiger partial charge >= 0.3 is 0 Å². The molecule has 19 heavy (non-hydrogen) atoms. The lowest BCUT2D eigenvalue weighted by Gasteiger charge is -2.35. The predicted molar refractivity (Wildman–Crippen MR) is 71.2 cm³/mol. The highest BCUT2D eigenvalue weighted by molar-refractivity contribution is 5.95. The van der Waals surface area contributed by atoms with Gasteiger partial charge in [0.25, 0.3) is 5.91 Å². The molecule has 0 unspecified atom stereocenters. The van der Waals surface area contributed by atoms with Crippen molar-refractivity contribution in [2.24, 2.45) is 0 Å². The normalized spacial score (nSPS) is 16.9. The van der Waals surface area contributed by atoms with Crippen molar-refractivity contribution >= 4 is 11.7 Å². The zero-order valence-corrected chi connectivity index (χ0v) is 11.3. The maximum absolute atomic E-state index is 13.8. The number of nitrogens with zero attached hydrogens (tertiary/aromatic N) is 3. The number of aromatic nitrogens is 1. The van der Waals surface area contributed by atoms with E-state index in [2.05, 4.69) is 9.88 Å². The van der Waals surface area contributed by atoms with Crippen molar-refractivity contribution in [1.29, 1.82) is 0 Å². The smallest absolute Gasteiger partial charge is 0.257 e. The Balaban J connectivity index is 2.07. The van der Waals surface area contributed by atoms with E-state index in [0.717, 1.165) is 12.8 Å². The molecule has 1 aliphatic heterocycles. The van der Waals surface area contributed by atoms with Gasteiger partial charge in [0.1, 0.15) is 0 Å². The largest absolute Gasteiger partial charge is 0.381 e. The van der Waals surface area contributed by atoms with Crippen molar-refractivity contribution in [3.63, 3.8) is 0 Å². The van der Waals surface area contributed by atoms with Crippen molar-refractivity contribution in [3.05, 3.63) is 23.6 Å². The fourth-order valence-corrected chi connectivity index (χ4v) is 2.38. The Labute approximate surface area is 112 Å². The van der Waals surface area contributed by atoms with Crippen molar-refractivity contribution in [1.82, 2.24) is 14.8 Å². The topological polar surface area (TPSA) is 62.5 Å². The summed E-state index contributed by atoms with van der Waals surface area (Å²) in [7, 11) is 4.07. The highest BCUT2D eigenvalue weighted by Gasteiger charge is 2.26. The highest BCUT2D eigenvalue weighted by atomic mass is 19.1. The Morgan fingerprint density at radius 1 is 1.47 bits per heavy atom. The molecule has 1 saturated heterocycles. The molecule has 0 bridgehead atoms. The lowest BCUT2D eigenvalue weighted by atomic mass is 10.0. The molecule has 2 N–H and O–H groups in total. The second-order valence-corrected chi connectivity index (χ2v) is 5.04. The minimum Gasteiger partial charge on any atom is -0.381 e. The molecule has 1 aromatic heterocycles. The highest BCUT2D eigenvalue weighted by Crippen LogP contribution is 2.19. The third-order valence-corrected chi connectivity index (χ3v) is 3.63. The van der Waals surface area contributed by atoms with E-state index in [-0.39, 0.29) is 17.3 Å². The Hall–Kier alpha value is -1.69. The predicted octanol–water partition coefficient (Wildman–Crippen LogP) is 0.969. The number of hydrogen-bond donors (Lipinski definition) is 1. The average Bonchev–Trinajstić information content (AvgIpc) is 2.41. The fraction of sp³-hybridized carbons (Fsp3) is 0.538. The van der Waals surface area contributed by atoms with Crippen LogP contribution in [0.5, 0.6) is 0 Å². The van der Waals surface area contributed by atoms with Gasteiger partial charge in [-0.05, 0) is 33.0 Å². The molecule has 6 heteroatoms. The molecular weight excluding hydrogens is 247 g/mol. The zero-order valence-electron chi connectivity index (χ0n) is 11.3. The standard InChI is InChI=1S/C13H19FN4O/c1-17(2)9-4-7-18(8-5-9)13(19)10-3-6-16-12(15)11(10)14/h3,6,9H,4-5,7-8H2,1-2H3,(H2,15,16). The van der Waals surface area contributed by atoms with Crippen molar-refractivity contribution < 1.29 is 9.18 Å². The third-order valence-electron chi connectivity index (χ3n) is 3.63. The molecule has 0 radical (unpaired) electrons. The van der Waals surface area contributed by atoms with Crippen LogP contribution >= 0.6 is 0 Å². The summed E-state index contributed by atoms with van der Waals surface area (Å²) in [5.74, 6) is -1.25. The Morgan fingerprint density at radius 2 is 2.11 bits per heavy atom. The molecule has 1 fully saturated rings. The molecule has 2 heterocycles. The number of pyridine rings is 1. The van der Waals surface area contributed by atoms with Crippen LogP contribution in [0.2, 0.25) is 0 Å². The second kappa shape index (κ2) is 5.52. The Bertz CT molecular complexity index is 470. The van der Waals surface area contributed by atoms with Crippen LogP contribution in [0.3, 0.4) is 0 Å². The molecule has 0 spiro atoms. The van der Waals surface area contributed by atoms with E-state index >= 15 is 0 Å². The van der Waals surface area contributed by atoms with Crippen LogP contribution in [-0.4, -0.2) is 53.9 Å². The van der Waals surface area contributed by atoms with Gasteiger partial charge in [0, 0.05) is 25.3 Å². The molecule has 1 amide bonds. The number of carbonyl (C=O) groups is 1. The summed E-state index contributed by atoms with van der Waals surface area (Å²) < 4.78 is 13.8.